The Morgan fingerprint density at radius 2 is 2.19 bits per heavy atom. The second-order valence-corrected chi connectivity index (χ2v) is 7.37. The Balaban J connectivity index is 1.33. The third-order valence-electron chi connectivity index (χ3n) is 5.30. The number of pyridine rings is 1. The van der Waals surface area contributed by atoms with Crippen LogP contribution in [-0.2, 0) is 16.1 Å². The molecule has 1 atom stereocenters. The number of cyclic esters (lactones) is 1. The molecule has 0 spiro atoms. The molecule has 2 aliphatic rings. The van der Waals surface area contributed by atoms with Crippen LogP contribution in [0.3, 0.4) is 0 Å². The van der Waals surface area contributed by atoms with Crippen LogP contribution in [0.5, 0.6) is 0 Å². The van der Waals surface area contributed by atoms with Gasteiger partial charge < -0.3 is 9.84 Å². The van der Waals surface area contributed by atoms with Crippen molar-refractivity contribution in [3.8, 4) is 11.1 Å². The first kappa shape index (κ1) is 20.1. The Kier molecular flexibility index (Phi) is 5.25. The maximum atomic E-state index is 14.9. The molecule has 5 rings (SSSR count). The third-order valence-corrected chi connectivity index (χ3v) is 5.30. The van der Waals surface area contributed by atoms with E-state index in [1.807, 2.05) is 0 Å². The number of hydroxylamine groups is 1. The van der Waals surface area contributed by atoms with E-state index in [-0.39, 0.29) is 19.8 Å². The van der Waals surface area contributed by atoms with Crippen LogP contribution in [0.4, 0.5) is 14.9 Å². The normalized spacial score (nSPS) is 18.2. The number of ether oxygens (including phenoxy) is 1. The summed E-state index contributed by atoms with van der Waals surface area (Å²) in [7, 11) is 0. The summed E-state index contributed by atoms with van der Waals surface area (Å²) in [5.41, 5.74) is 5.97. The summed E-state index contributed by atoms with van der Waals surface area (Å²) in [6.45, 7) is 0.796. The molecule has 1 aromatic carbocycles. The molecular formula is C21H19FN6O4. The predicted molar refractivity (Wildman–Crippen MR) is 110 cm³/mol. The molecule has 10 nitrogen and oxygen atoms in total. The number of aliphatic hydroxyl groups is 1. The largest absolute Gasteiger partial charge is 0.442 e. The average Bonchev–Trinajstić information content (AvgIpc) is 3.55. The fourth-order valence-electron chi connectivity index (χ4n) is 3.67. The van der Waals surface area contributed by atoms with E-state index >= 15 is 0 Å². The second-order valence-electron chi connectivity index (χ2n) is 7.37. The van der Waals surface area contributed by atoms with Gasteiger partial charge in [0.25, 0.3) is 0 Å². The first-order valence-electron chi connectivity index (χ1n) is 9.91. The van der Waals surface area contributed by atoms with Gasteiger partial charge in [-0.3, -0.25) is 20.2 Å². The van der Waals surface area contributed by atoms with Crippen molar-refractivity contribution < 1.29 is 23.9 Å². The minimum absolute atomic E-state index is 0.138. The minimum atomic E-state index is -0.535. The Bertz CT molecular complexity index is 1170. The molecule has 4 heterocycles. The quantitative estimate of drug-likeness (QED) is 0.598. The second kappa shape index (κ2) is 8.36. The number of hydrogen-bond donors (Lipinski definition) is 2. The van der Waals surface area contributed by atoms with Crippen molar-refractivity contribution in [2.75, 3.05) is 24.7 Å². The van der Waals surface area contributed by atoms with E-state index in [1.165, 1.54) is 11.0 Å². The Morgan fingerprint density at radius 1 is 1.28 bits per heavy atom. The zero-order valence-corrected chi connectivity index (χ0v) is 16.8. The number of hydrogen-bond acceptors (Lipinski definition) is 8. The zero-order valence-electron chi connectivity index (χ0n) is 16.8. The summed E-state index contributed by atoms with van der Waals surface area (Å²) < 4.78 is 21.9. The van der Waals surface area contributed by atoms with E-state index < -0.39 is 18.0 Å². The van der Waals surface area contributed by atoms with Crippen molar-refractivity contribution in [2.24, 2.45) is 0 Å². The van der Waals surface area contributed by atoms with Gasteiger partial charge >= 0.3 is 6.09 Å². The van der Waals surface area contributed by atoms with Crippen LogP contribution in [0.1, 0.15) is 5.69 Å². The highest BCUT2D eigenvalue weighted by Crippen LogP contribution is 2.30. The van der Waals surface area contributed by atoms with Gasteiger partial charge in [-0.1, -0.05) is 11.3 Å². The van der Waals surface area contributed by atoms with Gasteiger partial charge in [-0.2, -0.15) is 0 Å². The van der Waals surface area contributed by atoms with Crippen molar-refractivity contribution in [2.45, 2.75) is 12.6 Å². The molecule has 0 saturated carbocycles. The highest BCUT2D eigenvalue weighted by molar-refractivity contribution is 5.90. The Hall–Kier alpha value is -3.83. The lowest BCUT2D eigenvalue weighted by Crippen LogP contribution is -2.26. The fraction of sp³-hybridized carbons (Fsp3) is 0.238. The van der Waals surface area contributed by atoms with Gasteiger partial charge in [0, 0.05) is 29.1 Å². The highest BCUT2D eigenvalue weighted by Gasteiger charge is 2.33. The molecule has 2 aliphatic heterocycles. The van der Waals surface area contributed by atoms with E-state index in [2.05, 4.69) is 20.8 Å². The molecule has 0 bridgehead atoms. The van der Waals surface area contributed by atoms with Gasteiger partial charge in [0.2, 0.25) is 0 Å². The average molecular weight is 438 g/mol. The lowest BCUT2D eigenvalue weighted by Gasteiger charge is -2.14. The molecule has 0 radical (unpaired) electrons. The number of aromatic nitrogens is 4. The molecule has 11 heteroatoms. The van der Waals surface area contributed by atoms with Crippen LogP contribution >= 0.6 is 0 Å². The van der Waals surface area contributed by atoms with E-state index in [1.54, 1.807) is 47.5 Å². The molecule has 2 aromatic heterocycles. The van der Waals surface area contributed by atoms with Crippen molar-refractivity contribution in [3.63, 3.8) is 0 Å². The smallest absolute Gasteiger partial charge is 0.414 e. The van der Waals surface area contributed by atoms with Gasteiger partial charge in [-0.05, 0) is 24.3 Å². The number of carbonyl (C=O) groups excluding carboxylic acids is 1. The number of carbonyl (C=O) groups is 1. The van der Waals surface area contributed by atoms with Crippen molar-refractivity contribution in [1.82, 2.24) is 25.5 Å². The van der Waals surface area contributed by atoms with Crippen LogP contribution in [0.25, 0.3) is 16.8 Å². The van der Waals surface area contributed by atoms with Crippen LogP contribution in [0.15, 0.2) is 54.5 Å². The molecular weight excluding hydrogens is 419 g/mol. The molecule has 1 fully saturated rings. The van der Waals surface area contributed by atoms with Gasteiger partial charge in [0.05, 0.1) is 43.0 Å². The molecule has 0 aliphatic carbocycles. The van der Waals surface area contributed by atoms with Gasteiger partial charge in [0.15, 0.2) is 0 Å². The molecule has 164 valence electrons. The number of anilines is 1. The van der Waals surface area contributed by atoms with Crippen molar-refractivity contribution in [1.29, 1.82) is 0 Å². The number of amides is 1. The summed E-state index contributed by atoms with van der Waals surface area (Å²) in [6.07, 6.45) is 3.84. The lowest BCUT2D eigenvalue weighted by molar-refractivity contribution is 0.114. The molecule has 1 amide bonds. The molecule has 2 N–H and O–H groups in total. The number of nitrogens with one attached hydrogen (secondary N) is 1. The van der Waals surface area contributed by atoms with Crippen LogP contribution in [-0.4, -0.2) is 57.0 Å². The number of rotatable bonds is 6. The van der Waals surface area contributed by atoms with E-state index in [9.17, 15) is 14.3 Å². The minimum Gasteiger partial charge on any atom is -0.442 e. The van der Waals surface area contributed by atoms with E-state index in [0.29, 0.717) is 40.3 Å². The number of aliphatic hydroxyl groups excluding tert-OH is 1. The predicted octanol–water partition coefficient (Wildman–Crippen LogP) is 1.74. The maximum Gasteiger partial charge on any atom is 0.414 e. The topological polar surface area (TPSA) is 115 Å². The van der Waals surface area contributed by atoms with Crippen molar-refractivity contribution >= 4 is 17.5 Å². The number of benzene rings is 1. The molecule has 3 aromatic rings. The monoisotopic (exact) mass is 438 g/mol. The standard InChI is InChI=1S/C21H19FN6O4/c22-18-7-15(28-10-16(32-21(28)30)9-27-6-5-24-26-27)2-3-17(18)13-1-4-19(23-8-13)20-14(11-29)12-31-25-20/h1-8,16,25,29H,9-12H2/t16-/m0/s1. The van der Waals surface area contributed by atoms with Crippen LogP contribution < -0.4 is 10.4 Å². The van der Waals surface area contributed by atoms with Crippen LogP contribution in [0, 0.1) is 5.82 Å². The highest BCUT2D eigenvalue weighted by atomic mass is 19.1. The van der Waals surface area contributed by atoms with Gasteiger partial charge in [0.1, 0.15) is 18.5 Å². The zero-order chi connectivity index (χ0) is 22.1. The van der Waals surface area contributed by atoms with Gasteiger partial charge in [-0.25, -0.2) is 13.9 Å². The summed E-state index contributed by atoms with van der Waals surface area (Å²) >= 11 is 0. The van der Waals surface area contributed by atoms with Gasteiger partial charge in [-0.15, -0.1) is 5.10 Å². The maximum absolute atomic E-state index is 14.9. The summed E-state index contributed by atoms with van der Waals surface area (Å²) in [5.74, 6) is -0.484. The Labute approximate surface area is 181 Å². The molecule has 1 saturated heterocycles. The molecule has 0 unspecified atom stereocenters. The summed E-state index contributed by atoms with van der Waals surface area (Å²) in [5, 5.41) is 17.0. The van der Waals surface area contributed by atoms with Crippen LogP contribution in [0.2, 0.25) is 0 Å². The first-order chi connectivity index (χ1) is 15.6. The van der Waals surface area contributed by atoms with Crippen molar-refractivity contribution in [3.05, 3.63) is 66.0 Å². The number of halogens is 1. The first-order valence-corrected chi connectivity index (χ1v) is 9.91. The van der Waals surface area contributed by atoms with E-state index in [0.717, 1.165) is 0 Å². The van der Waals surface area contributed by atoms with E-state index in [4.69, 9.17) is 9.57 Å². The molecule has 32 heavy (non-hydrogen) atoms. The summed E-state index contributed by atoms with van der Waals surface area (Å²) in [4.78, 5) is 23.2. The Morgan fingerprint density at radius 3 is 2.91 bits per heavy atom. The lowest BCUT2D eigenvalue weighted by atomic mass is 10.0. The SMILES string of the molecule is O=C1O[C@@H](Cn2ccnn2)CN1c1ccc(-c2ccc(C3=C(CO)CON3)nc2)c(F)c1. The number of nitrogens with zero attached hydrogens (tertiary/aromatic N) is 5. The fourth-order valence-corrected chi connectivity index (χ4v) is 3.67. The summed E-state index contributed by atoms with van der Waals surface area (Å²) in [6, 6.07) is 8.04. The third kappa shape index (κ3) is 3.79.